The minimum Gasteiger partial charge on any atom is -0.338 e. The maximum absolute atomic E-state index is 6.05. The van der Waals surface area contributed by atoms with Crippen LogP contribution in [0.3, 0.4) is 0 Å². The third-order valence-corrected chi connectivity index (χ3v) is 5.79. The number of likely N-dealkylation sites (tertiary alicyclic amines) is 1. The minimum atomic E-state index is 0. The van der Waals surface area contributed by atoms with E-state index >= 15 is 0 Å². The van der Waals surface area contributed by atoms with Crippen LogP contribution in [0.15, 0.2) is 22.7 Å². The van der Waals surface area contributed by atoms with Gasteiger partial charge in [-0.3, -0.25) is 4.90 Å². The largest absolute Gasteiger partial charge is 0.338 e. The Labute approximate surface area is 172 Å². The van der Waals surface area contributed by atoms with Crippen LogP contribution in [-0.4, -0.2) is 33.1 Å². The third kappa shape index (κ3) is 4.65. The van der Waals surface area contributed by atoms with Gasteiger partial charge in [-0.1, -0.05) is 16.8 Å². The summed E-state index contributed by atoms with van der Waals surface area (Å²) in [5, 5.41) is 5.93. The third-order valence-electron chi connectivity index (χ3n) is 4.35. The standard InChI is InChI=1S/C16H18ClN5OS.2ClH/c17-11-1-2-13-12(7-11)19-16(24-13)10-3-5-22(6-4-10)9-14-20-15(8-18)23-21-14;;/h1-2,7,10H,3-6,8-9,18H2;2*1H. The van der Waals surface area contributed by atoms with Gasteiger partial charge in [-0.25, -0.2) is 4.98 Å². The molecule has 0 amide bonds. The van der Waals surface area contributed by atoms with Crippen molar-refractivity contribution in [2.45, 2.75) is 31.8 Å². The number of aromatic nitrogens is 3. The number of benzene rings is 1. The second kappa shape index (κ2) is 9.30. The highest BCUT2D eigenvalue weighted by Crippen LogP contribution is 2.34. The van der Waals surface area contributed by atoms with Crippen LogP contribution in [-0.2, 0) is 13.1 Å². The summed E-state index contributed by atoms with van der Waals surface area (Å²) in [6, 6.07) is 5.92. The Kier molecular flexibility index (Phi) is 7.63. The van der Waals surface area contributed by atoms with Gasteiger partial charge in [0, 0.05) is 10.9 Å². The highest BCUT2D eigenvalue weighted by molar-refractivity contribution is 7.18. The average molecular weight is 437 g/mol. The van der Waals surface area contributed by atoms with E-state index in [1.165, 1.54) is 9.71 Å². The number of nitrogens with two attached hydrogens (primary N) is 1. The first-order valence-corrected chi connectivity index (χ1v) is 9.20. The number of piperidine rings is 1. The number of rotatable bonds is 4. The van der Waals surface area contributed by atoms with E-state index in [0.29, 0.717) is 24.2 Å². The lowest BCUT2D eigenvalue weighted by Gasteiger charge is -2.29. The molecule has 6 nitrogen and oxygen atoms in total. The molecule has 0 aliphatic carbocycles. The minimum absolute atomic E-state index is 0. The van der Waals surface area contributed by atoms with E-state index < -0.39 is 0 Å². The fourth-order valence-corrected chi connectivity index (χ4v) is 4.35. The molecule has 3 heterocycles. The lowest BCUT2D eigenvalue weighted by atomic mass is 9.97. The fraction of sp³-hybridized carbons (Fsp3) is 0.438. The molecule has 142 valence electrons. The van der Waals surface area contributed by atoms with Crippen LogP contribution < -0.4 is 5.73 Å². The predicted molar refractivity (Wildman–Crippen MR) is 109 cm³/mol. The molecule has 1 aromatic carbocycles. The number of hydrogen-bond acceptors (Lipinski definition) is 7. The maximum Gasteiger partial charge on any atom is 0.240 e. The first-order chi connectivity index (χ1) is 11.7. The molecule has 10 heteroatoms. The second-order valence-electron chi connectivity index (χ2n) is 6.02. The van der Waals surface area contributed by atoms with Crippen molar-refractivity contribution < 1.29 is 4.52 Å². The Morgan fingerprint density at radius 2 is 2.00 bits per heavy atom. The molecule has 0 saturated carbocycles. The summed E-state index contributed by atoms with van der Waals surface area (Å²) < 4.78 is 6.26. The van der Waals surface area contributed by atoms with Gasteiger partial charge in [0.05, 0.1) is 28.3 Å². The highest BCUT2D eigenvalue weighted by atomic mass is 35.5. The Hall–Kier alpha value is -0.960. The molecular weight excluding hydrogens is 417 g/mol. The summed E-state index contributed by atoms with van der Waals surface area (Å²) >= 11 is 7.83. The first-order valence-electron chi connectivity index (χ1n) is 8.01. The monoisotopic (exact) mass is 435 g/mol. The molecule has 1 fully saturated rings. The number of thiazole rings is 1. The number of hydrogen-bond donors (Lipinski definition) is 1. The van der Waals surface area contributed by atoms with Crippen molar-refractivity contribution in [3.63, 3.8) is 0 Å². The van der Waals surface area contributed by atoms with Crippen LogP contribution in [0.1, 0.15) is 35.5 Å². The van der Waals surface area contributed by atoms with Crippen molar-refractivity contribution in [1.82, 2.24) is 20.0 Å². The van der Waals surface area contributed by atoms with E-state index in [9.17, 15) is 0 Å². The van der Waals surface area contributed by atoms with Gasteiger partial charge < -0.3 is 10.3 Å². The Bertz CT molecular complexity index is 847. The van der Waals surface area contributed by atoms with Crippen molar-refractivity contribution in [1.29, 1.82) is 0 Å². The van der Waals surface area contributed by atoms with Crippen LogP contribution in [0.5, 0.6) is 0 Å². The molecule has 1 aliphatic rings. The molecule has 2 aromatic heterocycles. The van der Waals surface area contributed by atoms with Gasteiger partial charge in [0.1, 0.15) is 0 Å². The van der Waals surface area contributed by atoms with Crippen LogP contribution >= 0.6 is 47.8 Å². The van der Waals surface area contributed by atoms with Crippen molar-refractivity contribution in [2.24, 2.45) is 5.73 Å². The predicted octanol–water partition coefficient (Wildman–Crippen LogP) is 4.01. The molecule has 0 bridgehead atoms. The molecule has 3 aromatic rings. The highest BCUT2D eigenvalue weighted by Gasteiger charge is 2.24. The van der Waals surface area contributed by atoms with Crippen molar-refractivity contribution in [3.8, 4) is 0 Å². The summed E-state index contributed by atoms with van der Waals surface area (Å²) in [7, 11) is 0. The molecule has 0 atom stereocenters. The molecule has 2 N–H and O–H groups in total. The van der Waals surface area contributed by atoms with E-state index in [0.717, 1.165) is 36.5 Å². The van der Waals surface area contributed by atoms with Crippen LogP contribution in [0.25, 0.3) is 10.2 Å². The maximum atomic E-state index is 6.05. The molecular formula is C16H20Cl3N5OS. The van der Waals surface area contributed by atoms with Gasteiger partial charge in [-0.05, 0) is 44.1 Å². The zero-order chi connectivity index (χ0) is 16.5. The van der Waals surface area contributed by atoms with Crippen LogP contribution in [0.2, 0.25) is 5.02 Å². The Morgan fingerprint density at radius 1 is 1.23 bits per heavy atom. The molecule has 0 radical (unpaired) electrons. The molecule has 0 spiro atoms. The SMILES string of the molecule is Cl.Cl.NCc1nc(CN2CCC(c3nc4cc(Cl)ccc4s3)CC2)no1. The zero-order valence-corrected chi connectivity index (χ0v) is 17.1. The molecule has 1 aliphatic heterocycles. The second-order valence-corrected chi connectivity index (χ2v) is 7.52. The lowest BCUT2D eigenvalue weighted by Crippen LogP contribution is -2.32. The van der Waals surface area contributed by atoms with Crippen molar-refractivity contribution in [3.05, 3.63) is 39.9 Å². The van der Waals surface area contributed by atoms with Gasteiger partial charge in [0.2, 0.25) is 5.89 Å². The van der Waals surface area contributed by atoms with E-state index in [1.807, 2.05) is 12.1 Å². The fourth-order valence-electron chi connectivity index (χ4n) is 3.07. The van der Waals surface area contributed by atoms with Gasteiger partial charge in [0.15, 0.2) is 5.82 Å². The lowest BCUT2D eigenvalue weighted by molar-refractivity contribution is 0.198. The smallest absolute Gasteiger partial charge is 0.240 e. The summed E-state index contributed by atoms with van der Waals surface area (Å²) in [6.07, 6.45) is 2.18. The summed E-state index contributed by atoms with van der Waals surface area (Å²) in [5.41, 5.74) is 6.50. The number of halogens is 3. The zero-order valence-electron chi connectivity index (χ0n) is 13.9. The molecule has 1 saturated heterocycles. The van der Waals surface area contributed by atoms with Crippen molar-refractivity contribution in [2.75, 3.05) is 13.1 Å². The van der Waals surface area contributed by atoms with Gasteiger partial charge in [-0.15, -0.1) is 36.2 Å². The Balaban J connectivity index is 0.00000121. The van der Waals surface area contributed by atoms with Crippen LogP contribution in [0, 0.1) is 0 Å². The topological polar surface area (TPSA) is 81.1 Å². The van der Waals surface area contributed by atoms with Crippen molar-refractivity contribution >= 4 is 58.0 Å². The normalized spacial score (nSPS) is 15.6. The van der Waals surface area contributed by atoms with E-state index in [1.54, 1.807) is 11.3 Å². The van der Waals surface area contributed by atoms with Gasteiger partial charge in [0.25, 0.3) is 0 Å². The van der Waals surface area contributed by atoms with E-state index in [2.05, 4.69) is 21.1 Å². The molecule has 4 rings (SSSR count). The van der Waals surface area contributed by atoms with Crippen LogP contribution in [0.4, 0.5) is 0 Å². The molecule has 0 unspecified atom stereocenters. The quantitative estimate of drug-likeness (QED) is 0.665. The number of fused-ring (bicyclic) bond motifs is 1. The van der Waals surface area contributed by atoms with Gasteiger partial charge >= 0.3 is 0 Å². The number of nitrogens with zero attached hydrogens (tertiary/aromatic N) is 4. The summed E-state index contributed by atoms with van der Waals surface area (Å²) in [4.78, 5) is 11.4. The molecule has 26 heavy (non-hydrogen) atoms. The van der Waals surface area contributed by atoms with Gasteiger partial charge in [-0.2, -0.15) is 4.98 Å². The van der Waals surface area contributed by atoms with E-state index in [-0.39, 0.29) is 31.4 Å². The summed E-state index contributed by atoms with van der Waals surface area (Å²) in [5.74, 6) is 1.72. The summed E-state index contributed by atoms with van der Waals surface area (Å²) in [6.45, 7) is 3.02. The first kappa shape index (κ1) is 21.3. The Morgan fingerprint density at radius 3 is 2.69 bits per heavy atom. The van der Waals surface area contributed by atoms with E-state index in [4.69, 9.17) is 26.8 Å². The average Bonchev–Trinajstić information content (AvgIpc) is 3.21.